The number of aromatic nitrogens is 12. The average Bonchev–Trinajstić information content (AvgIpc) is 2.29. The molecular weight excluding hydrogens is 1480 g/mol. The van der Waals surface area contributed by atoms with Crippen LogP contribution in [-0.4, -0.2) is 60.3 Å². The van der Waals surface area contributed by atoms with Gasteiger partial charge in [0, 0.05) is 99.1 Å². The van der Waals surface area contributed by atoms with Crippen LogP contribution in [0.2, 0.25) is 0 Å². The molecule has 0 bridgehead atoms. The molecule has 8 rings (SSSR count). The summed E-state index contributed by atoms with van der Waals surface area (Å²) < 4.78 is 0. The smallest absolute Gasteiger partial charge is 0.115 e. The number of hydrogen-bond donors (Lipinski definition) is 3. The van der Waals surface area contributed by atoms with Gasteiger partial charge in [0.05, 0.1) is 6.33 Å². The van der Waals surface area contributed by atoms with E-state index in [1.54, 1.807) is 99.1 Å². The second-order valence-electron chi connectivity index (χ2n) is 50.2. The van der Waals surface area contributed by atoms with Gasteiger partial charge in [-0.2, -0.15) is 15.3 Å². The number of pyridine rings is 1. The minimum absolute atomic E-state index is 0.500. The molecule has 0 aliphatic carbocycles. The fourth-order valence-corrected chi connectivity index (χ4v) is 2.17. The van der Waals surface area contributed by atoms with Gasteiger partial charge in [-0.15, -0.1) is 0 Å². The first-order valence-corrected chi connectivity index (χ1v) is 44.3. The SMILES string of the molecule is CC(C)(C)C.CC(C)(C)C.CC(C)(C)C.CC(C)(C)C.CC(C)(C)C.CC(C)(C)C.CC(C)(C)C.CC(C)(C)C.CC(C)(C)C.CC(C)(C)C.CC(C)(C)C.CC(C)(C)C.CC(C)C.CC(C)C.CC(C)C.CC(C)C.c1c[nH]cn1.c1cc[nH]c1.c1ccccc1.c1ccncc1.c1ccnnc1.c1cn[nH]c1.c1cnccn1.c1cncnc1. The largest absolute Gasteiger partial charge is 0.368 e. The van der Waals surface area contributed by atoms with Crippen LogP contribution in [0.3, 0.4) is 0 Å². The van der Waals surface area contributed by atoms with Gasteiger partial charge in [-0.3, -0.25) is 20.1 Å². The number of benzene rings is 1. The molecule has 8 aromatic rings. The molecule has 0 aliphatic heterocycles. The molecule has 0 amide bonds. The van der Waals surface area contributed by atoms with Crippen molar-refractivity contribution >= 4 is 0 Å². The van der Waals surface area contributed by atoms with E-state index >= 15 is 0 Å². The van der Waals surface area contributed by atoms with Gasteiger partial charge < -0.3 is 9.97 Å². The molecule has 0 unspecified atom stereocenters. The second-order valence-corrected chi connectivity index (χ2v) is 50.2. The van der Waals surface area contributed by atoms with Crippen LogP contribution >= 0.6 is 0 Å². The van der Waals surface area contributed by atoms with Crippen LogP contribution in [0.1, 0.15) is 415 Å². The normalized spacial score (nSPS) is 10.1. The summed E-state index contributed by atoms with van der Waals surface area (Å²) in [6, 6.07) is 28.9. The fraction of sp³-hybridized carbons (Fsp3) is 0.697. The monoisotopic (exact) mass is 1700 g/mol. The maximum Gasteiger partial charge on any atom is 0.115 e. The summed E-state index contributed by atoms with van der Waals surface area (Å²) in [6.07, 6.45) is 30.5. The number of hydrogen-bond acceptors (Lipinski definition) is 9. The lowest BCUT2D eigenvalue weighted by Gasteiger charge is -2.05. The topological polar surface area (TPSA) is 163 Å². The van der Waals surface area contributed by atoms with E-state index in [9.17, 15) is 0 Å². The maximum atomic E-state index is 3.78. The Labute approximate surface area is 762 Å². The quantitative estimate of drug-likeness (QED) is 0.134. The first-order chi connectivity index (χ1) is 53.4. The number of rotatable bonds is 0. The third-order valence-electron chi connectivity index (χ3n) is 3.98. The number of imidazole rings is 1. The zero-order valence-electron chi connectivity index (χ0n) is 92.9. The van der Waals surface area contributed by atoms with E-state index in [1.807, 2.05) is 97.3 Å². The summed E-state index contributed by atoms with van der Waals surface area (Å²) >= 11 is 0. The highest BCUT2D eigenvalue weighted by Gasteiger charge is 2.01. The van der Waals surface area contributed by atoms with Crippen molar-refractivity contribution in [2.24, 2.45) is 88.7 Å². The van der Waals surface area contributed by atoms with Crippen molar-refractivity contribution in [1.82, 2.24) is 60.3 Å². The minimum Gasteiger partial charge on any atom is -0.368 e. The zero-order valence-corrected chi connectivity index (χ0v) is 92.9. The molecule has 716 valence electrons. The molecule has 0 saturated heterocycles. The van der Waals surface area contributed by atoms with Crippen molar-refractivity contribution in [3.8, 4) is 0 Å². The molecule has 0 saturated carbocycles. The van der Waals surface area contributed by atoms with E-state index in [2.05, 4.69) is 476 Å². The molecular formula is C109H220N12. The molecule has 121 heavy (non-hydrogen) atoms. The number of nitrogens with one attached hydrogen (secondary N) is 3. The highest BCUT2D eigenvalue weighted by molar-refractivity contribution is 4.99. The molecule has 0 spiro atoms. The molecule has 1 aromatic carbocycles. The Balaban J connectivity index is -0.0000000680. The Bertz CT molecular complexity index is 2030. The van der Waals surface area contributed by atoms with Crippen LogP contribution in [0.25, 0.3) is 0 Å². The van der Waals surface area contributed by atoms with Crippen LogP contribution in [0, 0.1) is 88.7 Å². The highest BCUT2D eigenvalue weighted by Crippen LogP contribution is 2.13. The van der Waals surface area contributed by atoms with Crippen molar-refractivity contribution in [2.75, 3.05) is 0 Å². The number of nitrogens with zero attached hydrogens (tertiary/aromatic N) is 9. The molecule has 12 nitrogen and oxygen atoms in total. The zero-order chi connectivity index (χ0) is 100. The lowest BCUT2D eigenvalue weighted by molar-refractivity contribution is 0.469. The van der Waals surface area contributed by atoms with E-state index < -0.39 is 0 Å². The van der Waals surface area contributed by atoms with Crippen molar-refractivity contribution in [1.29, 1.82) is 0 Å². The van der Waals surface area contributed by atoms with Gasteiger partial charge in [0.25, 0.3) is 0 Å². The van der Waals surface area contributed by atoms with Crippen LogP contribution < -0.4 is 0 Å². The Morgan fingerprint density at radius 1 is 0.165 bits per heavy atom. The summed E-state index contributed by atoms with van der Waals surface area (Å²) in [5.74, 6) is 3.33. The summed E-state index contributed by atoms with van der Waals surface area (Å²) in [7, 11) is 0. The third-order valence-corrected chi connectivity index (χ3v) is 3.98. The Hall–Kier alpha value is -6.69. The summed E-state index contributed by atoms with van der Waals surface area (Å²) in [5, 5.41) is 13.3. The maximum absolute atomic E-state index is 3.78. The molecule has 12 heteroatoms. The predicted octanol–water partition coefficient (Wildman–Crippen LogP) is 37.3. The van der Waals surface area contributed by atoms with Crippen molar-refractivity contribution in [2.45, 2.75) is 415 Å². The van der Waals surface area contributed by atoms with Gasteiger partial charge in [-0.25, -0.2) is 15.0 Å². The van der Waals surface area contributed by atoms with E-state index in [1.165, 1.54) is 6.33 Å². The summed E-state index contributed by atoms with van der Waals surface area (Å²) in [4.78, 5) is 27.9. The van der Waals surface area contributed by atoms with Crippen molar-refractivity contribution in [3.63, 3.8) is 0 Å². The third kappa shape index (κ3) is 957. The van der Waals surface area contributed by atoms with E-state index in [-0.39, 0.29) is 0 Å². The van der Waals surface area contributed by atoms with Crippen LogP contribution in [0.15, 0.2) is 203 Å². The molecule has 0 fully saturated rings. The van der Waals surface area contributed by atoms with Gasteiger partial charge in [-0.1, -0.05) is 458 Å². The fourth-order valence-electron chi connectivity index (χ4n) is 2.17. The Kier molecular flexibility index (Phi) is 120. The molecule has 7 aromatic heterocycles. The average molecular weight is 1700 g/mol. The summed E-state index contributed by atoms with van der Waals surface area (Å²) in [6.45, 7) is 131. The van der Waals surface area contributed by atoms with Gasteiger partial charge in [0.1, 0.15) is 6.33 Å². The standard InChI is InChI=1S/C6H6.C5H5N.12C5H12.3C4H4N2.C4H5N.4C4H10.2C3H4N2/c2*1-2-4-6-5-3-1;12*1-5(2,3)4;1-2-6-4-3-5-1;1-2-5-4-6-3-1;1-2-4-6-5-3-1;1-2-4-5-3-1;4*1-4(2)3;1-2-5-3-4-1;1-2-4-5-3-1/h1-6H;1-5H;12*1-4H3;3*1-4H;1-5H;4*4H,1-3H3;2*1-3H,(H,4,5). The molecule has 0 atom stereocenters. The lowest BCUT2D eigenvalue weighted by Crippen LogP contribution is -1.93. The Morgan fingerprint density at radius 2 is 0.355 bits per heavy atom. The first-order valence-electron chi connectivity index (χ1n) is 44.3. The molecule has 3 N–H and O–H groups in total. The minimum atomic E-state index is 0.500. The number of aromatic amines is 3. The van der Waals surface area contributed by atoms with E-state index in [0.29, 0.717) is 65.0 Å². The van der Waals surface area contributed by atoms with E-state index in [4.69, 9.17) is 0 Å². The van der Waals surface area contributed by atoms with Gasteiger partial charge in [0.2, 0.25) is 0 Å². The van der Waals surface area contributed by atoms with Crippen LogP contribution in [0.5, 0.6) is 0 Å². The van der Waals surface area contributed by atoms with Crippen LogP contribution in [0.4, 0.5) is 0 Å². The predicted molar refractivity (Wildman–Crippen MR) is 558 cm³/mol. The second kappa shape index (κ2) is 95.5. The molecule has 0 radical (unpaired) electrons. The molecule has 0 aliphatic rings. The van der Waals surface area contributed by atoms with Crippen molar-refractivity contribution in [3.05, 3.63) is 203 Å². The first kappa shape index (κ1) is 152. The Morgan fingerprint density at radius 3 is 0.421 bits per heavy atom. The highest BCUT2D eigenvalue weighted by atomic mass is 15.1. The van der Waals surface area contributed by atoms with Crippen molar-refractivity contribution < 1.29 is 0 Å². The van der Waals surface area contributed by atoms with Gasteiger partial charge >= 0.3 is 0 Å². The van der Waals surface area contributed by atoms with Gasteiger partial charge in [-0.05, 0) is 137 Å². The van der Waals surface area contributed by atoms with Crippen LogP contribution in [-0.2, 0) is 0 Å². The van der Waals surface area contributed by atoms with E-state index in [0.717, 1.165) is 23.7 Å². The van der Waals surface area contributed by atoms with Gasteiger partial charge in [0.15, 0.2) is 0 Å². The molecule has 7 heterocycles. The summed E-state index contributed by atoms with van der Waals surface area (Å²) in [5.41, 5.74) is 6.00. The lowest BCUT2D eigenvalue weighted by atomic mass is 10.0. The number of H-pyrrole nitrogens is 3.